The Balaban J connectivity index is 2.37. The van der Waals surface area contributed by atoms with Crippen LogP contribution in [0.4, 0.5) is 5.69 Å². The largest absolute Gasteiger partial charge is 0.495 e. The van der Waals surface area contributed by atoms with Crippen molar-refractivity contribution in [2.45, 2.75) is 36.6 Å². The van der Waals surface area contributed by atoms with Gasteiger partial charge in [0.15, 0.2) is 0 Å². The first kappa shape index (κ1) is 16.1. The van der Waals surface area contributed by atoms with Crippen LogP contribution in [0.1, 0.15) is 25.7 Å². The van der Waals surface area contributed by atoms with Gasteiger partial charge < -0.3 is 15.6 Å². The summed E-state index contributed by atoms with van der Waals surface area (Å²) in [5, 5.41) is 9.48. The van der Waals surface area contributed by atoms with Crippen LogP contribution in [-0.2, 0) is 10.0 Å². The topological polar surface area (TPSA) is 92.9 Å². The number of ether oxygens (including phenoxy) is 1. The number of benzene rings is 1. The third-order valence-corrected chi connectivity index (χ3v) is 5.79. The van der Waals surface area contributed by atoms with Crippen LogP contribution in [0.5, 0.6) is 5.75 Å². The number of rotatable bonds is 4. The van der Waals surface area contributed by atoms with Gasteiger partial charge in [0.25, 0.3) is 0 Å². The predicted octanol–water partition coefficient (Wildman–Crippen LogP) is 1.20. The van der Waals surface area contributed by atoms with E-state index in [0.717, 1.165) is 19.3 Å². The van der Waals surface area contributed by atoms with Gasteiger partial charge in [-0.05, 0) is 31.0 Å². The highest BCUT2D eigenvalue weighted by Crippen LogP contribution is 2.29. The van der Waals surface area contributed by atoms with Gasteiger partial charge >= 0.3 is 0 Å². The van der Waals surface area contributed by atoms with Crippen molar-refractivity contribution in [1.29, 1.82) is 0 Å². The van der Waals surface area contributed by atoms with Gasteiger partial charge in [-0.1, -0.05) is 12.8 Å². The number of aliphatic hydroxyl groups is 1. The van der Waals surface area contributed by atoms with Crippen LogP contribution < -0.4 is 10.5 Å². The molecule has 0 aliphatic carbocycles. The Labute approximate surface area is 125 Å². The molecule has 21 heavy (non-hydrogen) atoms. The molecule has 118 valence electrons. The van der Waals surface area contributed by atoms with E-state index in [1.54, 1.807) is 6.07 Å². The quantitative estimate of drug-likeness (QED) is 0.815. The second kappa shape index (κ2) is 6.64. The van der Waals surface area contributed by atoms with Gasteiger partial charge in [-0.2, -0.15) is 4.31 Å². The Kier molecular flexibility index (Phi) is 5.08. The SMILES string of the molecule is COc1ccc(S(=O)(=O)N2CCCCCC2CO)cc1N. The van der Waals surface area contributed by atoms with Crippen LogP contribution in [0.15, 0.2) is 23.1 Å². The molecule has 0 saturated carbocycles. The highest BCUT2D eigenvalue weighted by molar-refractivity contribution is 7.89. The lowest BCUT2D eigenvalue weighted by atomic mass is 10.1. The van der Waals surface area contributed by atoms with Crippen molar-refractivity contribution in [3.8, 4) is 5.75 Å². The Morgan fingerprint density at radius 3 is 2.76 bits per heavy atom. The van der Waals surface area contributed by atoms with Crippen molar-refractivity contribution in [3.63, 3.8) is 0 Å². The van der Waals surface area contributed by atoms with E-state index in [4.69, 9.17) is 10.5 Å². The van der Waals surface area contributed by atoms with Gasteiger partial charge in [-0.25, -0.2) is 8.42 Å². The van der Waals surface area contributed by atoms with E-state index in [9.17, 15) is 13.5 Å². The van der Waals surface area contributed by atoms with E-state index < -0.39 is 10.0 Å². The molecular weight excluding hydrogens is 292 g/mol. The minimum Gasteiger partial charge on any atom is -0.495 e. The van der Waals surface area contributed by atoms with Crippen LogP contribution >= 0.6 is 0 Å². The number of methoxy groups -OCH3 is 1. The number of hydrogen-bond donors (Lipinski definition) is 2. The first-order valence-corrected chi connectivity index (χ1v) is 8.51. The van der Waals surface area contributed by atoms with Crippen molar-refractivity contribution in [1.82, 2.24) is 4.31 Å². The summed E-state index contributed by atoms with van der Waals surface area (Å²) >= 11 is 0. The number of nitrogen functional groups attached to an aromatic ring is 1. The minimum atomic E-state index is -3.66. The fourth-order valence-electron chi connectivity index (χ4n) is 2.66. The highest BCUT2D eigenvalue weighted by Gasteiger charge is 2.32. The zero-order valence-corrected chi connectivity index (χ0v) is 13.0. The average Bonchev–Trinajstić information content (AvgIpc) is 2.72. The summed E-state index contributed by atoms with van der Waals surface area (Å²) in [6.07, 6.45) is 3.40. The Morgan fingerprint density at radius 2 is 2.14 bits per heavy atom. The Morgan fingerprint density at radius 1 is 1.38 bits per heavy atom. The summed E-state index contributed by atoms with van der Waals surface area (Å²) in [5.74, 6) is 0.448. The van der Waals surface area contributed by atoms with E-state index in [-0.39, 0.29) is 23.2 Å². The summed E-state index contributed by atoms with van der Waals surface area (Å²) in [6, 6.07) is 4.09. The molecule has 0 aromatic heterocycles. The number of sulfonamides is 1. The molecule has 2 rings (SSSR count). The van der Waals surface area contributed by atoms with E-state index in [1.165, 1.54) is 23.5 Å². The molecule has 0 spiro atoms. The summed E-state index contributed by atoms with van der Waals surface area (Å²) in [7, 11) is -2.17. The second-order valence-electron chi connectivity index (χ2n) is 5.21. The monoisotopic (exact) mass is 314 g/mol. The number of aliphatic hydroxyl groups excluding tert-OH is 1. The molecule has 1 aliphatic rings. The van der Waals surface area contributed by atoms with Gasteiger partial charge in [0.2, 0.25) is 10.0 Å². The molecule has 1 unspecified atom stereocenters. The maximum atomic E-state index is 12.8. The number of nitrogens with zero attached hydrogens (tertiary/aromatic N) is 1. The molecule has 1 aliphatic heterocycles. The molecule has 1 fully saturated rings. The highest BCUT2D eigenvalue weighted by atomic mass is 32.2. The third kappa shape index (κ3) is 3.30. The molecule has 6 nitrogen and oxygen atoms in total. The van der Waals surface area contributed by atoms with E-state index in [1.807, 2.05) is 0 Å². The fraction of sp³-hybridized carbons (Fsp3) is 0.571. The van der Waals surface area contributed by atoms with Gasteiger partial charge in [0.05, 0.1) is 24.3 Å². The van der Waals surface area contributed by atoms with Crippen LogP contribution in [0.3, 0.4) is 0 Å². The van der Waals surface area contributed by atoms with Gasteiger partial charge in [0, 0.05) is 12.6 Å². The van der Waals surface area contributed by atoms with Crippen LogP contribution in [-0.4, -0.2) is 44.1 Å². The van der Waals surface area contributed by atoms with Crippen LogP contribution in [0.2, 0.25) is 0 Å². The maximum Gasteiger partial charge on any atom is 0.243 e. The molecule has 3 N–H and O–H groups in total. The van der Waals surface area contributed by atoms with Crippen molar-refractivity contribution >= 4 is 15.7 Å². The van der Waals surface area contributed by atoms with Crippen molar-refractivity contribution < 1.29 is 18.3 Å². The van der Waals surface area contributed by atoms with E-state index in [2.05, 4.69) is 0 Å². The van der Waals surface area contributed by atoms with Gasteiger partial charge in [-0.15, -0.1) is 0 Å². The standard InChI is InChI=1S/C14H22N2O4S/c1-20-14-7-6-12(9-13(14)15)21(18,19)16-8-4-2-3-5-11(16)10-17/h6-7,9,11,17H,2-5,8,10,15H2,1H3. The Hall–Kier alpha value is -1.31. The van der Waals surface area contributed by atoms with Gasteiger partial charge in [-0.3, -0.25) is 0 Å². The number of hydrogen-bond acceptors (Lipinski definition) is 5. The lowest BCUT2D eigenvalue weighted by molar-refractivity contribution is 0.186. The molecule has 0 bridgehead atoms. The summed E-state index contributed by atoms with van der Waals surface area (Å²) in [4.78, 5) is 0.140. The molecule has 7 heteroatoms. The van der Waals surface area contributed by atoms with E-state index in [0.29, 0.717) is 18.7 Å². The molecule has 1 aromatic carbocycles. The molecule has 1 atom stereocenters. The van der Waals surface area contributed by atoms with E-state index >= 15 is 0 Å². The summed E-state index contributed by atoms with van der Waals surface area (Å²) in [5.41, 5.74) is 6.08. The third-order valence-electron chi connectivity index (χ3n) is 3.84. The van der Waals surface area contributed by atoms with Crippen LogP contribution in [0.25, 0.3) is 0 Å². The molecular formula is C14H22N2O4S. The van der Waals surface area contributed by atoms with Gasteiger partial charge in [0.1, 0.15) is 5.75 Å². The smallest absolute Gasteiger partial charge is 0.243 e. The second-order valence-corrected chi connectivity index (χ2v) is 7.10. The zero-order chi connectivity index (χ0) is 15.5. The van der Waals surface area contributed by atoms with Crippen molar-refractivity contribution in [2.75, 3.05) is 26.0 Å². The first-order chi connectivity index (χ1) is 10.0. The molecule has 0 radical (unpaired) electrons. The molecule has 1 heterocycles. The lowest BCUT2D eigenvalue weighted by Crippen LogP contribution is -2.42. The first-order valence-electron chi connectivity index (χ1n) is 7.07. The molecule has 0 amide bonds. The Bertz CT molecular complexity index is 589. The lowest BCUT2D eigenvalue weighted by Gasteiger charge is -2.27. The van der Waals surface area contributed by atoms with Crippen LogP contribution in [0, 0.1) is 0 Å². The average molecular weight is 314 g/mol. The minimum absolute atomic E-state index is 0.140. The summed E-state index contributed by atoms with van der Waals surface area (Å²) < 4.78 is 32.0. The predicted molar refractivity (Wildman–Crippen MR) is 80.6 cm³/mol. The zero-order valence-electron chi connectivity index (χ0n) is 12.2. The number of anilines is 1. The normalized spacial score (nSPS) is 21.0. The number of nitrogens with two attached hydrogens (primary N) is 1. The fourth-order valence-corrected chi connectivity index (χ4v) is 4.38. The van der Waals surface area contributed by atoms with Crippen molar-refractivity contribution in [3.05, 3.63) is 18.2 Å². The molecule has 1 saturated heterocycles. The van der Waals surface area contributed by atoms with Crippen molar-refractivity contribution in [2.24, 2.45) is 0 Å². The summed E-state index contributed by atoms with van der Waals surface area (Å²) in [6.45, 7) is 0.268. The maximum absolute atomic E-state index is 12.8. The molecule has 1 aromatic rings.